The summed E-state index contributed by atoms with van der Waals surface area (Å²) in [7, 11) is 1.61. The zero-order valence-electron chi connectivity index (χ0n) is 17.9. The van der Waals surface area contributed by atoms with E-state index in [9.17, 15) is 4.79 Å². The van der Waals surface area contributed by atoms with E-state index < -0.39 is 0 Å². The lowest BCUT2D eigenvalue weighted by Crippen LogP contribution is -2.13. The Bertz CT molecular complexity index is 1340. The highest BCUT2D eigenvalue weighted by molar-refractivity contribution is 9.10. The molecule has 0 spiro atoms. The van der Waals surface area contributed by atoms with Crippen molar-refractivity contribution in [3.05, 3.63) is 73.3 Å². The zero-order valence-corrected chi connectivity index (χ0v) is 20.3. The molecule has 2 heterocycles. The van der Waals surface area contributed by atoms with Gasteiger partial charge in [0, 0.05) is 14.9 Å². The molecule has 5 rings (SSSR count). The van der Waals surface area contributed by atoms with Crippen molar-refractivity contribution in [3.63, 3.8) is 0 Å². The lowest BCUT2D eigenvalue weighted by molar-refractivity contribution is 0.284. The van der Waals surface area contributed by atoms with Crippen LogP contribution in [0.25, 0.3) is 21.6 Å². The minimum absolute atomic E-state index is 0.0633. The second kappa shape index (κ2) is 8.71. The topological polar surface area (TPSA) is 64.2 Å². The Hall–Kier alpha value is -2.64. The molecule has 1 unspecified atom stereocenters. The maximum Gasteiger partial charge on any atom is 0.260 e. The van der Waals surface area contributed by atoms with Gasteiger partial charge in [-0.1, -0.05) is 35.0 Å². The number of nitrogens with one attached hydrogen (secondary N) is 1. The molecular weight excluding hydrogens is 488 g/mol. The van der Waals surface area contributed by atoms with Crippen LogP contribution in [0.3, 0.4) is 0 Å². The van der Waals surface area contributed by atoms with Crippen LogP contribution in [0.4, 0.5) is 0 Å². The van der Waals surface area contributed by atoms with Crippen LogP contribution < -0.4 is 15.0 Å². The summed E-state index contributed by atoms with van der Waals surface area (Å²) in [5.41, 5.74) is 2.98. The molecule has 0 bridgehead atoms. The summed E-state index contributed by atoms with van der Waals surface area (Å²) in [4.78, 5) is 22.9. The van der Waals surface area contributed by atoms with E-state index in [0.717, 1.165) is 45.1 Å². The predicted molar refractivity (Wildman–Crippen MR) is 132 cm³/mol. The average molecular weight is 511 g/mol. The van der Waals surface area contributed by atoms with Gasteiger partial charge in [-0.3, -0.25) is 4.79 Å². The standard InChI is InChI=1S/C25H23BrN2O3S/c1-14-3-9-18-21(11-14)32-25-22(18)24(29)27-23(28-25)16-6-10-19(20(12-16)30-2)31-13-15-4-7-17(26)8-5-15/h4-8,10,12,14H,3,9,11,13H2,1-2H3,(H,27,28,29). The van der Waals surface area contributed by atoms with Gasteiger partial charge >= 0.3 is 0 Å². The van der Waals surface area contributed by atoms with Crippen LogP contribution in [0.2, 0.25) is 0 Å². The smallest absolute Gasteiger partial charge is 0.260 e. The number of aromatic amines is 1. The normalized spacial score (nSPS) is 15.5. The first-order valence-electron chi connectivity index (χ1n) is 10.6. The highest BCUT2D eigenvalue weighted by Crippen LogP contribution is 2.37. The summed E-state index contributed by atoms with van der Waals surface area (Å²) in [5, 5.41) is 0.766. The van der Waals surface area contributed by atoms with Crippen molar-refractivity contribution in [2.75, 3.05) is 7.11 Å². The van der Waals surface area contributed by atoms with Gasteiger partial charge in [-0.25, -0.2) is 4.98 Å². The van der Waals surface area contributed by atoms with Crippen molar-refractivity contribution in [2.45, 2.75) is 32.8 Å². The fourth-order valence-electron chi connectivity index (χ4n) is 4.16. The summed E-state index contributed by atoms with van der Waals surface area (Å²) in [6.07, 6.45) is 3.11. The van der Waals surface area contributed by atoms with Crippen LogP contribution in [-0.2, 0) is 19.4 Å². The van der Waals surface area contributed by atoms with Gasteiger partial charge in [0.2, 0.25) is 0 Å². The van der Waals surface area contributed by atoms with Gasteiger partial charge in [-0.2, -0.15) is 0 Å². The molecule has 1 aliphatic rings. The highest BCUT2D eigenvalue weighted by Gasteiger charge is 2.23. The minimum Gasteiger partial charge on any atom is -0.493 e. The highest BCUT2D eigenvalue weighted by atomic mass is 79.9. The van der Waals surface area contributed by atoms with Crippen LogP contribution in [0.1, 0.15) is 29.3 Å². The number of fused-ring (bicyclic) bond motifs is 3. The summed E-state index contributed by atoms with van der Waals surface area (Å²) >= 11 is 5.10. The molecule has 7 heteroatoms. The lowest BCUT2D eigenvalue weighted by Gasteiger charge is -2.17. The summed E-state index contributed by atoms with van der Waals surface area (Å²) in [5.74, 6) is 2.44. The second-order valence-corrected chi connectivity index (χ2v) is 10.2. The lowest BCUT2D eigenvalue weighted by atomic mass is 9.89. The number of hydrogen-bond donors (Lipinski definition) is 1. The monoisotopic (exact) mass is 510 g/mol. The van der Waals surface area contributed by atoms with Crippen LogP contribution in [0.5, 0.6) is 11.5 Å². The number of ether oxygens (including phenoxy) is 2. The van der Waals surface area contributed by atoms with Gasteiger partial charge in [0.05, 0.1) is 12.5 Å². The molecule has 5 nitrogen and oxygen atoms in total. The van der Waals surface area contributed by atoms with E-state index in [-0.39, 0.29) is 5.56 Å². The number of methoxy groups -OCH3 is 1. The maximum atomic E-state index is 12.9. The van der Waals surface area contributed by atoms with E-state index in [1.807, 2.05) is 42.5 Å². The van der Waals surface area contributed by atoms with Crippen LogP contribution in [0, 0.1) is 5.92 Å². The number of benzene rings is 2. The number of H-pyrrole nitrogens is 1. The molecule has 0 amide bonds. The first-order chi connectivity index (χ1) is 15.5. The summed E-state index contributed by atoms with van der Waals surface area (Å²) in [6.45, 7) is 2.70. The molecule has 32 heavy (non-hydrogen) atoms. The molecule has 4 aromatic rings. The van der Waals surface area contributed by atoms with Crippen molar-refractivity contribution in [1.82, 2.24) is 9.97 Å². The first-order valence-corrected chi connectivity index (χ1v) is 12.2. The molecular formula is C25H23BrN2O3S. The predicted octanol–water partition coefficient (Wildman–Crippen LogP) is 6.13. The van der Waals surface area contributed by atoms with Crippen LogP contribution in [0.15, 0.2) is 51.7 Å². The SMILES string of the molecule is COc1cc(-c2nc3sc4c(c3c(=O)[nH]2)CCC(C)C4)ccc1OCc1ccc(Br)cc1. The molecule has 1 aliphatic carbocycles. The number of thiophene rings is 1. The Morgan fingerprint density at radius 1 is 1.19 bits per heavy atom. The number of hydrogen-bond acceptors (Lipinski definition) is 5. The van der Waals surface area contributed by atoms with E-state index in [4.69, 9.17) is 14.5 Å². The third-order valence-electron chi connectivity index (χ3n) is 5.91. The van der Waals surface area contributed by atoms with E-state index in [0.29, 0.717) is 29.8 Å². The van der Waals surface area contributed by atoms with E-state index in [1.165, 1.54) is 10.4 Å². The molecule has 0 saturated heterocycles. The van der Waals surface area contributed by atoms with E-state index >= 15 is 0 Å². The molecule has 0 aliphatic heterocycles. The maximum absolute atomic E-state index is 12.9. The number of nitrogens with zero attached hydrogens (tertiary/aromatic N) is 1. The Labute approximate surface area is 198 Å². The Balaban J connectivity index is 1.45. The summed E-state index contributed by atoms with van der Waals surface area (Å²) in [6, 6.07) is 13.6. The number of aryl methyl sites for hydroxylation is 1. The van der Waals surface area contributed by atoms with Gasteiger partial charge < -0.3 is 14.5 Å². The first kappa shape index (κ1) is 21.2. The molecule has 0 saturated carbocycles. The number of halogens is 1. The number of rotatable bonds is 5. The largest absolute Gasteiger partial charge is 0.493 e. The average Bonchev–Trinajstić information content (AvgIpc) is 3.16. The van der Waals surface area contributed by atoms with Gasteiger partial charge in [0.1, 0.15) is 17.3 Å². The molecule has 164 valence electrons. The van der Waals surface area contributed by atoms with Gasteiger partial charge in [-0.15, -0.1) is 11.3 Å². The molecule has 0 radical (unpaired) electrons. The molecule has 1 N–H and O–H groups in total. The fraction of sp³-hybridized carbons (Fsp3) is 0.280. The van der Waals surface area contributed by atoms with Crippen molar-refractivity contribution >= 4 is 37.5 Å². The van der Waals surface area contributed by atoms with Crippen molar-refractivity contribution in [3.8, 4) is 22.9 Å². The van der Waals surface area contributed by atoms with E-state index in [1.54, 1.807) is 18.4 Å². The second-order valence-electron chi connectivity index (χ2n) is 8.23. The molecule has 0 fully saturated rings. The molecule has 2 aromatic heterocycles. The zero-order chi connectivity index (χ0) is 22.2. The van der Waals surface area contributed by atoms with Crippen LogP contribution in [-0.4, -0.2) is 17.1 Å². The van der Waals surface area contributed by atoms with Gasteiger partial charge in [0.25, 0.3) is 5.56 Å². The molecule has 1 atom stereocenters. The fourth-order valence-corrected chi connectivity index (χ4v) is 5.81. The molecule has 2 aromatic carbocycles. The Morgan fingerprint density at radius 2 is 2.00 bits per heavy atom. The Kier molecular flexibility index (Phi) is 5.78. The third kappa shape index (κ3) is 4.07. The van der Waals surface area contributed by atoms with Crippen molar-refractivity contribution in [2.24, 2.45) is 5.92 Å². The quantitative estimate of drug-likeness (QED) is 0.350. The third-order valence-corrected chi connectivity index (χ3v) is 7.59. The van der Waals surface area contributed by atoms with Gasteiger partial charge in [0.15, 0.2) is 11.5 Å². The van der Waals surface area contributed by atoms with Gasteiger partial charge in [-0.05, 0) is 66.6 Å². The number of aromatic nitrogens is 2. The summed E-state index contributed by atoms with van der Waals surface area (Å²) < 4.78 is 12.6. The Morgan fingerprint density at radius 3 is 2.78 bits per heavy atom. The minimum atomic E-state index is -0.0633. The van der Waals surface area contributed by atoms with Crippen LogP contribution >= 0.6 is 27.3 Å². The van der Waals surface area contributed by atoms with Crippen molar-refractivity contribution < 1.29 is 9.47 Å². The van der Waals surface area contributed by atoms with E-state index in [2.05, 4.69) is 27.8 Å². The van der Waals surface area contributed by atoms with Crippen molar-refractivity contribution in [1.29, 1.82) is 0 Å².